The molecule has 0 radical (unpaired) electrons. The maximum absolute atomic E-state index is 13.7. The van der Waals surface area contributed by atoms with Crippen LogP contribution in [0.1, 0.15) is 76.1 Å². The highest BCUT2D eigenvalue weighted by molar-refractivity contribution is 5.89. The molecular formula is C33H42O9. The number of rotatable bonds is 3. The van der Waals surface area contributed by atoms with Crippen molar-refractivity contribution in [3.63, 3.8) is 0 Å². The molecule has 42 heavy (non-hydrogen) atoms. The first-order chi connectivity index (χ1) is 19.8. The monoisotopic (exact) mass is 582 g/mol. The number of carbonyl (C=O) groups excluding carboxylic acids is 2. The van der Waals surface area contributed by atoms with E-state index in [1.54, 1.807) is 30.3 Å². The third-order valence-electron chi connectivity index (χ3n) is 12.1. The van der Waals surface area contributed by atoms with E-state index >= 15 is 0 Å². The zero-order valence-corrected chi connectivity index (χ0v) is 24.6. The first kappa shape index (κ1) is 28.5. The van der Waals surface area contributed by atoms with Gasteiger partial charge in [0, 0.05) is 30.3 Å². The number of hydrogen-bond acceptors (Lipinski definition) is 9. The predicted molar refractivity (Wildman–Crippen MR) is 149 cm³/mol. The van der Waals surface area contributed by atoms with Crippen LogP contribution in [0.3, 0.4) is 0 Å². The molecule has 0 amide bonds. The molecule has 9 nitrogen and oxygen atoms in total. The molecule has 7 rings (SSSR count). The summed E-state index contributed by atoms with van der Waals surface area (Å²) in [5, 5.41) is 36.2. The summed E-state index contributed by atoms with van der Waals surface area (Å²) in [4.78, 5) is 25.7. The molecule has 1 aromatic rings. The molecule has 3 N–H and O–H groups in total. The first-order valence-corrected chi connectivity index (χ1v) is 15.4. The molecule has 4 aliphatic carbocycles. The fourth-order valence-electron chi connectivity index (χ4n) is 10.3. The summed E-state index contributed by atoms with van der Waals surface area (Å²) in [5.74, 6) is -2.68. The molecule has 0 aromatic heterocycles. The van der Waals surface area contributed by atoms with E-state index in [0.717, 1.165) is 5.57 Å². The second-order valence-corrected chi connectivity index (χ2v) is 14.4. The zero-order valence-electron chi connectivity index (χ0n) is 24.6. The van der Waals surface area contributed by atoms with Crippen LogP contribution in [0.4, 0.5) is 0 Å². The standard InChI is InChI=1S/C33H42O9/c1-29(2)40-18-32-25(42-29)14-21(34)15-31(32,37)11-9-23-27(32)24(41-28(36)19-7-5-4-6-8-19)16-30(3)22(10-12-33(23,30)38)20-13-26(35)39-17-20/h4-8,13,21-25,27,34,37-38H,9-12,14-18H2,1-3H3/t21-,22+,23+,24+,25+,27+,30+,31-,32+,33-/m0/s1. The van der Waals surface area contributed by atoms with Crippen LogP contribution in [-0.4, -0.2) is 75.8 Å². The Labute approximate surface area is 246 Å². The number of aliphatic hydroxyl groups is 3. The van der Waals surface area contributed by atoms with Crippen LogP contribution < -0.4 is 0 Å². The fourth-order valence-corrected chi connectivity index (χ4v) is 10.3. The molecule has 9 heteroatoms. The Kier molecular flexibility index (Phi) is 6.34. The van der Waals surface area contributed by atoms with Gasteiger partial charge in [-0.15, -0.1) is 0 Å². The highest BCUT2D eigenvalue weighted by Gasteiger charge is 2.77. The van der Waals surface area contributed by atoms with E-state index in [0.29, 0.717) is 44.1 Å². The van der Waals surface area contributed by atoms with Crippen molar-refractivity contribution in [3.05, 3.63) is 47.5 Å². The Hall–Kier alpha value is -2.30. The lowest BCUT2D eigenvalue weighted by atomic mass is 9.40. The fraction of sp³-hybridized carbons (Fsp3) is 0.697. The Morgan fingerprint density at radius 1 is 1.05 bits per heavy atom. The van der Waals surface area contributed by atoms with Gasteiger partial charge in [0.2, 0.25) is 0 Å². The van der Waals surface area contributed by atoms with Crippen molar-refractivity contribution in [2.45, 2.75) is 101 Å². The Bertz CT molecular complexity index is 1310. The largest absolute Gasteiger partial charge is 0.458 e. The molecular weight excluding hydrogens is 540 g/mol. The van der Waals surface area contributed by atoms with E-state index in [4.69, 9.17) is 18.9 Å². The number of cyclic esters (lactones) is 1. The van der Waals surface area contributed by atoms with E-state index < -0.39 is 58.0 Å². The SMILES string of the molecule is CC1(C)OC[C@@]23[C@@H]4[C@@H](CC[C@]2(O)C[C@@H](O)C[C@H]3O1)[C@@]1(O)CC[C@H](C2=CC(=O)OC2)[C@@]1(C)C[C@H]4OC(=O)c1ccccc1. The average molecular weight is 583 g/mol. The lowest BCUT2D eigenvalue weighted by Gasteiger charge is -2.70. The molecule has 1 saturated heterocycles. The highest BCUT2D eigenvalue weighted by atomic mass is 16.7. The maximum Gasteiger partial charge on any atom is 0.338 e. The van der Waals surface area contributed by atoms with Crippen LogP contribution >= 0.6 is 0 Å². The van der Waals surface area contributed by atoms with Crippen molar-refractivity contribution >= 4 is 11.9 Å². The second-order valence-electron chi connectivity index (χ2n) is 14.4. The van der Waals surface area contributed by atoms with Crippen LogP contribution in [0.25, 0.3) is 0 Å². The summed E-state index contributed by atoms with van der Waals surface area (Å²) >= 11 is 0. The summed E-state index contributed by atoms with van der Waals surface area (Å²) in [6, 6.07) is 8.86. The molecule has 228 valence electrons. The van der Waals surface area contributed by atoms with Gasteiger partial charge in [-0.3, -0.25) is 0 Å². The molecule has 0 bridgehead atoms. The van der Waals surface area contributed by atoms with Gasteiger partial charge in [0.15, 0.2) is 5.79 Å². The van der Waals surface area contributed by atoms with Crippen molar-refractivity contribution in [2.24, 2.45) is 28.6 Å². The van der Waals surface area contributed by atoms with E-state index in [2.05, 4.69) is 6.92 Å². The number of aliphatic hydroxyl groups excluding tert-OH is 1. The number of carbonyl (C=O) groups is 2. The maximum atomic E-state index is 13.7. The molecule has 10 atom stereocenters. The molecule has 2 heterocycles. The van der Waals surface area contributed by atoms with Crippen LogP contribution in [0.5, 0.6) is 0 Å². The normalized spacial score (nSPS) is 47.3. The van der Waals surface area contributed by atoms with Gasteiger partial charge >= 0.3 is 11.9 Å². The molecule has 0 unspecified atom stereocenters. The van der Waals surface area contributed by atoms with Crippen molar-refractivity contribution in [2.75, 3.05) is 13.2 Å². The molecule has 1 aromatic carbocycles. The van der Waals surface area contributed by atoms with Gasteiger partial charge in [0.25, 0.3) is 0 Å². The van der Waals surface area contributed by atoms with Crippen LogP contribution in [0.15, 0.2) is 42.0 Å². The minimum Gasteiger partial charge on any atom is -0.458 e. The Balaban J connectivity index is 1.36. The Morgan fingerprint density at radius 2 is 1.81 bits per heavy atom. The van der Waals surface area contributed by atoms with Crippen LogP contribution in [0, 0.1) is 28.6 Å². The van der Waals surface area contributed by atoms with Gasteiger partial charge in [-0.05, 0) is 75.5 Å². The number of esters is 2. The van der Waals surface area contributed by atoms with Gasteiger partial charge in [0.05, 0.1) is 41.0 Å². The number of hydrogen-bond donors (Lipinski definition) is 3. The van der Waals surface area contributed by atoms with Gasteiger partial charge < -0.3 is 34.3 Å². The smallest absolute Gasteiger partial charge is 0.338 e. The molecule has 2 aliphatic heterocycles. The van der Waals surface area contributed by atoms with E-state index in [1.165, 1.54) is 0 Å². The van der Waals surface area contributed by atoms with Crippen molar-refractivity contribution < 1.29 is 43.9 Å². The van der Waals surface area contributed by atoms with Gasteiger partial charge in [-0.2, -0.15) is 0 Å². The lowest BCUT2D eigenvalue weighted by Crippen LogP contribution is -2.78. The number of fused-ring (bicyclic) bond motifs is 3. The average Bonchev–Trinajstić information content (AvgIpc) is 3.47. The number of benzene rings is 1. The van der Waals surface area contributed by atoms with E-state index in [-0.39, 0.29) is 37.4 Å². The van der Waals surface area contributed by atoms with Crippen LogP contribution in [0.2, 0.25) is 0 Å². The molecule has 4 saturated carbocycles. The number of ether oxygens (including phenoxy) is 4. The zero-order chi connectivity index (χ0) is 29.7. The summed E-state index contributed by atoms with van der Waals surface area (Å²) in [6.45, 7) is 6.10. The van der Waals surface area contributed by atoms with Crippen molar-refractivity contribution in [3.8, 4) is 0 Å². The Morgan fingerprint density at radius 3 is 2.52 bits per heavy atom. The van der Waals surface area contributed by atoms with Crippen molar-refractivity contribution in [1.82, 2.24) is 0 Å². The second kappa shape index (κ2) is 9.35. The highest BCUT2D eigenvalue weighted by Crippen LogP contribution is 2.72. The minimum atomic E-state index is -1.33. The summed E-state index contributed by atoms with van der Waals surface area (Å²) in [5.41, 5.74) is -2.89. The van der Waals surface area contributed by atoms with Gasteiger partial charge in [-0.25, -0.2) is 9.59 Å². The summed E-state index contributed by atoms with van der Waals surface area (Å²) in [6.07, 6.45) is 2.47. The van der Waals surface area contributed by atoms with Gasteiger partial charge in [0.1, 0.15) is 12.7 Å². The quantitative estimate of drug-likeness (QED) is 0.460. The van der Waals surface area contributed by atoms with Crippen LogP contribution in [-0.2, 0) is 23.7 Å². The molecule has 6 aliphatic rings. The van der Waals surface area contributed by atoms with Crippen molar-refractivity contribution in [1.29, 1.82) is 0 Å². The van der Waals surface area contributed by atoms with E-state index in [9.17, 15) is 24.9 Å². The predicted octanol–water partition coefficient (Wildman–Crippen LogP) is 3.30. The third-order valence-corrected chi connectivity index (χ3v) is 12.1. The lowest BCUT2D eigenvalue weighted by molar-refractivity contribution is -0.401. The van der Waals surface area contributed by atoms with Gasteiger partial charge in [-0.1, -0.05) is 25.1 Å². The molecule has 5 fully saturated rings. The van der Waals surface area contributed by atoms with E-state index in [1.807, 2.05) is 19.9 Å². The topological polar surface area (TPSA) is 132 Å². The summed E-state index contributed by atoms with van der Waals surface area (Å²) in [7, 11) is 0. The summed E-state index contributed by atoms with van der Waals surface area (Å²) < 4.78 is 24.6. The minimum absolute atomic E-state index is 0.118. The molecule has 1 spiro atoms. The first-order valence-electron chi connectivity index (χ1n) is 15.4. The third kappa shape index (κ3) is 3.86.